The van der Waals surface area contributed by atoms with Crippen LogP contribution in [0.3, 0.4) is 0 Å². The molecule has 1 heterocycles. The molecular formula is C11H14FN3O. The van der Waals surface area contributed by atoms with Gasteiger partial charge >= 0.3 is 0 Å². The summed E-state index contributed by atoms with van der Waals surface area (Å²) in [6.45, 7) is 3.10. The Morgan fingerprint density at radius 3 is 2.81 bits per heavy atom. The summed E-state index contributed by atoms with van der Waals surface area (Å²) in [5, 5.41) is 8.78. The molecule has 2 rings (SSSR count). The van der Waals surface area contributed by atoms with Crippen molar-refractivity contribution in [1.29, 1.82) is 0 Å². The van der Waals surface area contributed by atoms with Crippen LogP contribution in [0.5, 0.6) is 0 Å². The van der Waals surface area contributed by atoms with Crippen LogP contribution in [0.15, 0.2) is 18.2 Å². The first-order chi connectivity index (χ1) is 7.65. The zero-order chi connectivity index (χ0) is 11.5. The summed E-state index contributed by atoms with van der Waals surface area (Å²) >= 11 is 0. The summed E-state index contributed by atoms with van der Waals surface area (Å²) in [4.78, 5) is 10.9. The lowest BCUT2D eigenvalue weighted by Gasteiger charge is -2.29. The van der Waals surface area contributed by atoms with Crippen LogP contribution < -0.4 is 16.0 Å². The van der Waals surface area contributed by atoms with Gasteiger partial charge in [-0.2, -0.15) is 0 Å². The number of carbonyl (C=O) groups is 1. The Kier molecular flexibility index (Phi) is 3.05. The third-order valence-corrected chi connectivity index (χ3v) is 2.43. The quantitative estimate of drug-likeness (QED) is 0.721. The second kappa shape index (κ2) is 4.49. The average Bonchev–Trinajstić information content (AvgIpc) is 2.15. The Labute approximate surface area is 93.2 Å². The molecule has 1 saturated heterocycles. The number of anilines is 2. The number of hydrogen-bond acceptors (Lipinski definition) is 3. The third kappa shape index (κ3) is 2.49. The van der Waals surface area contributed by atoms with Gasteiger partial charge in [0.2, 0.25) is 5.91 Å². The number of hydrogen-bond donors (Lipinski definition) is 3. The lowest BCUT2D eigenvalue weighted by molar-refractivity contribution is -0.114. The van der Waals surface area contributed by atoms with Crippen molar-refractivity contribution in [2.75, 3.05) is 23.7 Å². The molecule has 1 amide bonds. The van der Waals surface area contributed by atoms with E-state index in [9.17, 15) is 9.18 Å². The first-order valence-electron chi connectivity index (χ1n) is 5.19. The van der Waals surface area contributed by atoms with E-state index in [0.29, 0.717) is 11.4 Å². The van der Waals surface area contributed by atoms with Crippen molar-refractivity contribution in [3.8, 4) is 0 Å². The summed E-state index contributed by atoms with van der Waals surface area (Å²) < 4.78 is 13.4. The first-order valence-corrected chi connectivity index (χ1v) is 5.19. The van der Waals surface area contributed by atoms with Crippen molar-refractivity contribution >= 4 is 17.3 Å². The van der Waals surface area contributed by atoms with Gasteiger partial charge in [0.25, 0.3) is 0 Å². The van der Waals surface area contributed by atoms with Gasteiger partial charge in [0.15, 0.2) is 0 Å². The Balaban J connectivity index is 2.11. The number of benzene rings is 1. The number of halogens is 1. The minimum atomic E-state index is -0.305. The highest BCUT2D eigenvalue weighted by Gasteiger charge is 2.17. The Hall–Kier alpha value is -1.62. The van der Waals surface area contributed by atoms with E-state index in [-0.39, 0.29) is 17.8 Å². The van der Waals surface area contributed by atoms with Crippen LogP contribution in [-0.4, -0.2) is 25.0 Å². The number of nitrogens with one attached hydrogen (secondary N) is 3. The molecule has 0 unspecified atom stereocenters. The van der Waals surface area contributed by atoms with Gasteiger partial charge in [0.05, 0.1) is 11.7 Å². The fraction of sp³-hybridized carbons (Fsp3) is 0.364. The van der Waals surface area contributed by atoms with Crippen LogP contribution in [-0.2, 0) is 4.79 Å². The summed E-state index contributed by atoms with van der Waals surface area (Å²) in [5.41, 5.74) is 1.03. The van der Waals surface area contributed by atoms with E-state index in [1.54, 1.807) is 12.1 Å². The molecule has 5 heteroatoms. The molecule has 86 valence electrons. The number of rotatable bonds is 3. The molecule has 16 heavy (non-hydrogen) atoms. The van der Waals surface area contributed by atoms with E-state index in [2.05, 4.69) is 16.0 Å². The molecule has 1 aliphatic rings. The molecule has 3 N–H and O–H groups in total. The van der Waals surface area contributed by atoms with Crippen molar-refractivity contribution in [1.82, 2.24) is 5.32 Å². The van der Waals surface area contributed by atoms with E-state index in [4.69, 9.17) is 0 Å². The monoisotopic (exact) mass is 223 g/mol. The maximum atomic E-state index is 13.4. The lowest BCUT2D eigenvalue weighted by Crippen LogP contribution is -2.51. The molecule has 0 spiro atoms. The molecule has 0 aromatic heterocycles. The zero-order valence-corrected chi connectivity index (χ0v) is 9.01. The van der Waals surface area contributed by atoms with Crippen LogP contribution in [0, 0.1) is 5.82 Å². The van der Waals surface area contributed by atoms with Gasteiger partial charge in [-0.25, -0.2) is 4.39 Å². The van der Waals surface area contributed by atoms with Gasteiger partial charge in [-0.05, 0) is 18.2 Å². The second-order valence-electron chi connectivity index (χ2n) is 3.88. The summed E-state index contributed by atoms with van der Waals surface area (Å²) in [6, 6.07) is 4.76. The lowest BCUT2D eigenvalue weighted by atomic mass is 10.1. The van der Waals surface area contributed by atoms with E-state index in [1.165, 1.54) is 13.0 Å². The minimum Gasteiger partial charge on any atom is -0.377 e. The standard InChI is InChI=1S/C11H14FN3O/c1-7(16)14-8-2-3-10(12)11(4-8)15-9-5-13-6-9/h2-4,9,13,15H,5-6H2,1H3,(H,14,16). The summed E-state index contributed by atoms with van der Waals surface area (Å²) in [7, 11) is 0. The topological polar surface area (TPSA) is 53.2 Å². The fourth-order valence-electron chi connectivity index (χ4n) is 1.53. The first kappa shape index (κ1) is 10.9. The normalized spacial score (nSPS) is 15.4. The van der Waals surface area contributed by atoms with Gasteiger partial charge in [0.1, 0.15) is 5.82 Å². The molecule has 4 nitrogen and oxygen atoms in total. The van der Waals surface area contributed by atoms with Gasteiger partial charge in [-0.1, -0.05) is 0 Å². The molecule has 1 fully saturated rings. The van der Waals surface area contributed by atoms with Crippen molar-refractivity contribution < 1.29 is 9.18 Å². The molecule has 1 aromatic rings. The largest absolute Gasteiger partial charge is 0.377 e. The maximum Gasteiger partial charge on any atom is 0.221 e. The molecule has 0 bridgehead atoms. The van der Waals surface area contributed by atoms with Gasteiger partial charge in [0, 0.05) is 25.7 Å². The molecule has 1 aromatic carbocycles. The number of amides is 1. The zero-order valence-electron chi connectivity index (χ0n) is 9.01. The predicted octanol–water partition coefficient (Wildman–Crippen LogP) is 1.17. The number of carbonyl (C=O) groups excluding carboxylic acids is 1. The third-order valence-electron chi connectivity index (χ3n) is 2.43. The van der Waals surface area contributed by atoms with E-state index in [1.807, 2.05) is 0 Å². The molecule has 1 aliphatic heterocycles. The Bertz CT molecular complexity index is 404. The van der Waals surface area contributed by atoms with E-state index < -0.39 is 0 Å². The Morgan fingerprint density at radius 2 is 2.25 bits per heavy atom. The van der Waals surface area contributed by atoms with Crippen molar-refractivity contribution in [2.24, 2.45) is 0 Å². The Morgan fingerprint density at radius 1 is 1.50 bits per heavy atom. The van der Waals surface area contributed by atoms with Crippen molar-refractivity contribution in [3.05, 3.63) is 24.0 Å². The average molecular weight is 223 g/mol. The SMILES string of the molecule is CC(=O)Nc1ccc(F)c(NC2CNC2)c1. The van der Waals surface area contributed by atoms with Gasteiger partial charge < -0.3 is 16.0 Å². The van der Waals surface area contributed by atoms with Crippen LogP contribution >= 0.6 is 0 Å². The van der Waals surface area contributed by atoms with E-state index in [0.717, 1.165) is 13.1 Å². The molecule has 0 radical (unpaired) electrons. The minimum absolute atomic E-state index is 0.164. The molecule has 0 atom stereocenters. The van der Waals surface area contributed by atoms with Crippen LogP contribution in [0.2, 0.25) is 0 Å². The van der Waals surface area contributed by atoms with Crippen LogP contribution in [0.1, 0.15) is 6.92 Å². The second-order valence-corrected chi connectivity index (χ2v) is 3.88. The van der Waals surface area contributed by atoms with Crippen LogP contribution in [0.4, 0.5) is 15.8 Å². The predicted molar refractivity (Wildman–Crippen MR) is 61.0 cm³/mol. The van der Waals surface area contributed by atoms with Crippen LogP contribution in [0.25, 0.3) is 0 Å². The highest BCUT2D eigenvalue weighted by molar-refractivity contribution is 5.89. The maximum absolute atomic E-state index is 13.4. The van der Waals surface area contributed by atoms with Crippen molar-refractivity contribution in [2.45, 2.75) is 13.0 Å². The van der Waals surface area contributed by atoms with E-state index >= 15 is 0 Å². The van der Waals surface area contributed by atoms with Gasteiger partial charge in [-0.15, -0.1) is 0 Å². The highest BCUT2D eigenvalue weighted by Crippen LogP contribution is 2.20. The molecular weight excluding hydrogens is 209 g/mol. The van der Waals surface area contributed by atoms with Crippen molar-refractivity contribution in [3.63, 3.8) is 0 Å². The molecule has 0 saturated carbocycles. The highest BCUT2D eigenvalue weighted by atomic mass is 19.1. The smallest absolute Gasteiger partial charge is 0.221 e. The molecule has 0 aliphatic carbocycles. The van der Waals surface area contributed by atoms with Gasteiger partial charge in [-0.3, -0.25) is 4.79 Å². The summed E-state index contributed by atoms with van der Waals surface area (Å²) in [6.07, 6.45) is 0. The summed E-state index contributed by atoms with van der Waals surface area (Å²) in [5.74, 6) is -0.469. The fourth-order valence-corrected chi connectivity index (χ4v) is 1.53.